The van der Waals surface area contributed by atoms with Gasteiger partial charge in [0.25, 0.3) is 5.91 Å². The second kappa shape index (κ2) is 7.18. The molecule has 0 aliphatic carbocycles. The van der Waals surface area contributed by atoms with Crippen molar-refractivity contribution < 1.29 is 13.6 Å². The van der Waals surface area contributed by atoms with Crippen molar-refractivity contribution in [2.45, 2.75) is 19.3 Å². The molecule has 6 heteroatoms. The summed E-state index contributed by atoms with van der Waals surface area (Å²) >= 11 is 5.87. The van der Waals surface area contributed by atoms with Gasteiger partial charge >= 0.3 is 0 Å². The van der Waals surface area contributed by atoms with E-state index in [9.17, 15) is 13.6 Å². The van der Waals surface area contributed by atoms with Crippen molar-refractivity contribution in [3.8, 4) is 0 Å². The Morgan fingerprint density at radius 3 is 2.46 bits per heavy atom. The average Bonchev–Trinajstić information content (AvgIpc) is 2.59. The number of piperidine rings is 1. The van der Waals surface area contributed by atoms with Crippen LogP contribution in [0.1, 0.15) is 29.6 Å². The predicted molar refractivity (Wildman–Crippen MR) is 91.8 cm³/mol. The van der Waals surface area contributed by atoms with Gasteiger partial charge in [-0.1, -0.05) is 23.7 Å². The van der Waals surface area contributed by atoms with E-state index in [0.717, 1.165) is 43.8 Å². The first-order valence-electron chi connectivity index (χ1n) is 7.86. The minimum Gasteiger partial charge on any atom is -0.370 e. The van der Waals surface area contributed by atoms with Gasteiger partial charge in [0.05, 0.1) is 22.0 Å². The normalized spacial score (nSPS) is 14.5. The number of carbonyl (C=O) groups is 1. The zero-order valence-corrected chi connectivity index (χ0v) is 13.7. The van der Waals surface area contributed by atoms with Gasteiger partial charge in [-0.05, 0) is 43.5 Å². The lowest BCUT2D eigenvalue weighted by molar-refractivity contribution is 0.102. The molecule has 0 unspecified atom stereocenters. The van der Waals surface area contributed by atoms with Gasteiger partial charge in [0.1, 0.15) is 0 Å². The number of amides is 1. The fourth-order valence-corrected chi connectivity index (χ4v) is 3.11. The molecule has 1 saturated heterocycles. The van der Waals surface area contributed by atoms with Gasteiger partial charge in [-0.25, -0.2) is 8.78 Å². The highest BCUT2D eigenvalue weighted by Crippen LogP contribution is 2.29. The highest BCUT2D eigenvalue weighted by Gasteiger charge is 2.18. The summed E-state index contributed by atoms with van der Waals surface area (Å²) < 4.78 is 26.6. The number of nitrogens with zero attached hydrogens (tertiary/aromatic N) is 1. The molecule has 1 amide bonds. The van der Waals surface area contributed by atoms with Gasteiger partial charge in [-0.2, -0.15) is 0 Å². The fraction of sp³-hybridized carbons (Fsp3) is 0.278. The minimum absolute atomic E-state index is 0.0935. The molecule has 0 saturated carbocycles. The van der Waals surface area contributed by atoms with Crippen molar-refractivity contribution in [1.82, 2.24) is 0 Å². The number of hydrogen-bond donors (Lipinski definition) is 1. The number of para-hydroxylation sites is 2. The van der Waals surface area contributed by atoms with Crippen LogP contribution in [-0.4, -0.2) is 19.0 Å². The van der Waals surface area contributed by atoms with E-state index < -0.39 is 17.5 Å². The fourth-order valence-electron chi connectivity index (χ4n) is 2.88. The standard InChI is InChI=1S/C18H17ClF2N2O/c19-13-11-15(21)14(20)10-12(13)18(24)22-16-6-2-3-7-17(16)23-8-4-1-5-9-23/h2-3,6-7,10-11H,1,4-5,8-9H2,(H,22,24). The molecule has 126 valence electrons. The summed E-state index contributed by atoms with van der Waals surface area (Å²) in [6.07, 6.45) is 3.42. The maximum absolute atomic E-state index is 13.4. The molecule has 1 aliphatic rings. The molecular weight excluding hydrogens is 334 g/mol. The zero-order valence-electron chi connectivity index (χ0n) is 13.0. The van der Waals surface area contributed by atoms with Crippen molar-refractivity contribution in [1.29, 1.82) is 0 Å². The number of anilines is 2. The lowest BCUT2D eigenvalue weighted by Crippen LogP contribution is -2.30. The first-order valence-corrected chi connectivity index (χ1v) is 8.24. The minimum atomic E-state index is -1.10. The molecule has 0 spiro atoms. The van der Waals surface area contributed by atoms with Crippen LogP contribution in [0.25, 0.3) is 0 Å². The molecule has 0 bridgehead atoms. The zero-order chi connectivity index (χ0) is 17.1. The maximum Gasteiger partial charge on any atom is 0.257 e. The van der Waals surface area contributed by atoms with E-state index in [0.29, 0.717) is 5.69 Å². The Hall–Kier alpha value is -2.14. The van der Waals surface area contributed by atoms with E-state index in [2.05, 4.69) is 10.2 Å². The van der Waals surface area contributed by atoms with Crippen molar-refractivity contribution in [2.24, 2.45) is 0 Å². The van der Waals surface area contributed by atoms with Gasteiger partial charge < -0.3 is 10.2 Å². The van der Waals surface area contributed by atoms with Crippen LogP contribution in [0.3, 0.4) is 0 Å². The molecule has 3 nitrogen and oxygen atoms in total. The third kappa shape index (κ3) is 3.51. The molecule has 1 fully saturated rings. The molecule has 3 rings (SSSR count). The molecule has 1 aliphatic heterocycles. The van der Waals surface area contributed by atoms with E-state index >= 15 is 0 Å². The highest BCUT2D eigenvalue weighted by atomic mass is 35.5. The Morgan fingerprint density at radius 1 is 1.04 bits per heavy atom. The van der Waals surface area contributed by atoms with E-state index in [1.54, 1.807) is 6.07 Å². The van der Waals surface area contributed by atoms with Gasteiger partial charge in [0, 0.05) is 13.1 Å². The third-order valence-electron chi connectivity index (χ3n) is 4.10. The second-order valence-electron chi connectivity index (χ2n) is 5.77. The van der Waals surface area contributed by atoms with E-state index in [1.165, 1.54) is 6.42 Å². The Kier molecular flexibility index (Phi) is 5.00. The van der Waals surface area contributed by atoms with Crippen LogP contribution in [0.2, 0.25) is 5.02 Å². The van der Waals surface area contributed by atoms with Crippen molar-refractivity contribution >= 4 is 28.9 Å². The molecule has 1 N–H and O–H groups in total. The van der Waals surface area contributed by atoms with E-state index in [-0.39, 0.29) is 10.6 Å². The molecule has 1 heterocycles. The molecule has 0 radical (unpaired) electrons. The van der Waals surface area contributed by atoms with Crippen LogP contribution < -0.4 is 10.2 Å². The molecule has 0 atom stereocenters. The smallest absolute Gasteiger partial charge is 0.257 e. The number of rotatable bonds is 3. The van der Waals surface area contributed by atoms with Crippen LogP contribution in [0, 0.1) is 11.6 Å². The van der Waals surface area contributed by atoms with Crippen LogP contribution in [0.4, 0.5) is 20.2 Å². The van der Waals surface area contributed by atoms with Gasteiger partial charge in [-0.15, -0.1) is 0 Å². The number of carbonyl (C=O) groups excluding carboxylic acids is 1. The Morgan fingerprint density at radius 2 is 1.71 bits per heavy atom. The van der Waals surface area contributed by atoms with Crippen LogP contribution in [-0.2, 0) is 0 Å². The Bertz CT molecular complexity index is 761. The monoisotopic (exact) mass is 350 g/mol. The predicted octanol–water partition coefficient (Wildman–Crippen LogP) is 4.86. The summed E-state index contributed by atoms with van der Waals surface area (Å²) in [7, 11) is 0. The average molecular weight is 351 g/mol. The van der Waals surface area contributed by atoms with Crippen LogP contribution in [0.5, 0.6) is 0 Å². The van der Waals surface area contributed by atoms with Gasteiger partial charge in [-0.3, -0.25) is 4.79 Å². The van der Waals surface area contributed by atoms with E-state index in [4.69, 9.17) is 11.6 Å². The number of nitrogens with one attached hydrogen (secondary N) is 1. The van der Waals surface area contributed by atoms with Gasteiger partial charge in [0.2, 0.25) is 0 Å². The summed E-state index contributed by atoms with van der Waals surface area (Å²) in [5.41, 5.74) is 1.46. The van der Waals surface area contributed by atoms with E-state index in [1.807, 2.05) is 18.2 Å². The molecule has 2 aromatic rings. The van der Waals surface area contributed by atoms with Crippen LogP contribution in [0.15, 0.2) is 36.4 Å². The summed E-state index contributed by atoms with van der Waals surface area (Å²) in [5, 5.41) is 2.63. The second-order valence-corrected chi connectivity index (χ2v) is 6.17. The third-order valence-corrected chi connectivity index (χ3v) is 4.42. The largest absolute Gasteiger partial charge is 0.370 e. The quantitative estimate of drug-likeness (QED) is 0.802. The molecule has 0 aromatic heterocycles. The summed E-state index contributed by atoms with van der Waals surface area (Å²) in [6.45, 7) is 1.86. The number of hydrogen-bond acceptors (Lipinski definition) is 2. The summed E-state index contributed by atoms with van der Waals surface area (Å²) in [6, 6.07) is 9.07. The van der Waals surface area contributed by atoms with Crippen molar-refractivity contribution in [3.05, 3.63) is 58.6 Å². The lowest BCUT2D eigenvalue weighted by Gasteiger charge is -2.30. The molecule has 2 aromatic carbocycles. The topological polar surface area (TPSA) is 32.3 Å². The van der Waals surface area contributed by atoms with Crippen molar-refractivity contribution in [3.63, 3.8) is 0 Å². The van der Waals surface area contributed by atoms with Crippen molar-refractivity contribution in [2.75, 3.05) is 23.3 Å². The van der Waals surface area contributed by atoms with Crippen LogP contribution >= 0.6 is 11.6 Å². The first-order chi connectivity index (χ1) is 11.6. The number of halogens is 3. The Labute approximate surface area is 144 Å². The van der Waals surface area contributed by atoms with Gasteiger partial charge in [0.15, 0.2) is 11.6 Å². The highest BCUT2D eigenvalue weighted by molar-refractivity contribution is 6.34. The lowest BCUT2D eigenvalue weighted by atomic mass is 10.1. The molecular formula is C18H17ClF2N2O. The maximum atomic E-state index is 13.4. The molecule has 24 heavy (non-hydrogen) atoms. The first kappa shape index (κ1) is 16.7. The Balaban J connectivity index is 1.86. The SMILES string of the molecule is O=C(Nc1ccccc1N1CCCCC1)c1cc(F)c(F)cc1Cl. The number of benzene rings is 2. The summed E-state index contributed by atoms with van der Waals surface area (Å²) in [5.74, 6) is -2.75. The summed E-state index contributed by atoms with van der Waals surface area (Å²) in [4.78, 5) is 14.6.